The standard InChI is InChI=1S/C12H23N3O4/c1-7(2)9(14-11(13)19)10(18)15-12(3,4)6-5-8(16)17/h7,9H,5-6H2,1-4H3,(H,15,18)(H,16,17)(H3,13,14,19). The maximum absolute atomic E-state index is 12.1. The molecule has 0 aliphatic rings. The molecule has 0 aromatic rings. The zero-order valence-corrected chi connectivity index (χ0v) is 11.8. The van der Waals surface area contributed by atoms with Crippen LogP contribution in [0.15, 0.2) is 0 Å². The summed E-state index contributed by atoms with van der Waals surface area (Å²) in [6.07, 6.45) is 0.262. The SMILES string of the molecule is CC(C)C(NC(N)=O)C(=O)NC(C)(C)CCC(=O)O. The molecule has 0 saturated heterocycles. The molecule has 0 aromatic heterocycles. The molecule has 7 nitrogen and oxygen atoms in total. The lowest BCUT2D eigenvalue weighted by Gasteiger charge is -2.29. The molecule has 0 heterocycles. The maximum atomic E-state index is 12.1. The number of rotatable bonds is 7. The van der Waals surface area contributed by atoms with Gasteiger partial charge in [-0.15, -0.1) is 0 Å². The third kappa shape index (κ3) is 7.28. The summed E-state index contributed by atoms with van der Waals surface area (Å²) < 4.78 is 0. The van der Waals surface area contributed by atoms with E-state index < -0.39 is 23.6 Å². The summed E-state index contributed by atoms with van der Waals surface area (Å²) in [6, 6.07) is -1.50. The summed E-state index contributed by atoms with van der Waals surface area (Å²) in [4.78, 5) is 33.4. The molecule has 0 rings (SSSR count). The van der Waals surface area contributed by atoms with Crippen molar-refractivity contribution in [2.75, 3.05) is 0 Å². The third-order valence-electron chi connectivity index (χ3n) is 2.67. The van der Waals surface area contributed by atoms with E-state index >= 15 is 0 Å². The predicted octanol–water partition coefficient (Wildman–Crippen LogP) is 0.439. The van der Waals surface area contributed by atoms with E-state index in [1.54, 1.807) is 27.7 Å². The number of nitrogens with two attached hydrogens (primary N) is 1. The van der Waals surface area contributed by atoms with E-state index in [1.807, 2.05) is 0 Å². The smallest absolute Gasteiger partial charge is 0.312 e. The Hall–Kier alpha value is -1.79. The molecule has 110 valence electrons. The van der Waals surface area contributed by atoms with Gasteiger partial charge in [0.25, 0.3) is 0 Å². The van der Waals surface area contributed by atoms with Gasteiger partial charge in [-0.1, -0.05) is 13.8 Å². The summed E-state index contributed by atoms with van der Waals surface area (Å²) >= 11 is 0. The van der Waals surface area contributed by atoms with Crippen molar-refractivity contribution in [1.29, 1.82) is 0 Å². The second-order valence-corrected chi connectivity index (χ2v) is 5.50. The van der Waals surface area contributed by atoms with Crippen molar-refractivity contribution in [1.82, 2.24) is 10.6 Å². The lowest BCUT2D eigenvalue weighted by molar-refractivity contribution is -0.138. The Labute approximate surface area is 112 Å². The number of aliphatic carboxylic acids is 1. The fourth-order valence-electron chi connectivity index (χ4n) is 1.58. The molecule has 0 aliphatic carbocycles. The quantitative estimate of drug-likeness (QED) is 0.537. The van der Waals surface area contributed by atoms with Crippen LogP contribution >= 0.6 is 0 Å². The zero-order valence-electron chi connectivity index (χ0n) is 11.8. The van der Waals surface area contributed by atoms with Gasteiger partial charge in [-0.05, 0) is 26.2 Å². The van der Waals surface area contributed by atoms with E-state index in [0.29, 0.717) is 6.42 Å². The summed E-state index contributed by atoms with van der Waals surface area (Å²) in [5.41, 5.74) is 4.36. The number of primary amides is 1. The molecular formula is C12H23N3O4. The van der Waals surface area contributed by atoms with Gasteiger partial charge in [0.15, 0.2) is 0 Å². The second kappa shape index (κ2) is 6.96. The third-order valence-corrected chi connectivity index (χ3v) is 2.67. The summed E-state index contributed by atoms with van der Waals surface area (Å²) in [5.74, 6) is -1.41. The van der Waals surface area contributed by atoms with E-state index in [9.17, 15) is 14.4 Å². The Morgan fingerprint density at radius 1 is 1.26 bits per heavy atom. The first-order valence-electron chi connectivity index (χ1n) is 6.15. The van der Waals surface area contributed by atoms with Crippen LogP contribution in [0, 0.1) is 5.92 Å². The molecule has 0 bridgehead atoms. The molecule has 0 radical (unpaired) electrons. The molecule has 0 saturated carbocycles. The van der Waals surface area contributed by atoms with Crippen LogP contribution in [0.25, 0.3) is 0 Å². The van der Waals surface area contributed by atoms with Crippen molar-refractivity contribution in [3.8, 4) is 0 Å². The van der Waals surface area contributed by atoms with Crippen molar-refractivity contribution in [2.24, 2.45) is 11.7 Å². The van der Waals surface area contributed by atoms with Gasteiger partial charge in [0, 0.05) is 12.0 Å². The summed E-state index contributed by atoms with van der Waals surface area (Å²) in [5, 5.41) is 13.7. The van der Waals surface area contributed by atoms with Crippen LogP contribution in [-0.4, -0.2) is 34.6 Å². The van der Waals surface area contributed by atoms with Gasteiger partial charge in [0.05, 0.1) is 0 Å². The van der Waals surface area contributed by atoms with Crippen LogP contribution in [0.3, 0.4) is 0 Å². The zero-order chi connectivity index (χ0) is 15.2. The molecular weight excluding hydrogens is 250 g/mol. The normalized spacial score (nSPS) is 12.9. The average molecular weight is 273 g/mol. The number of urea groups is 1. The number of carbonyl (C=O) groups excluding carboxylic acids is 2. The number of hydrogen-bond acceptors (Lipinski definition) is 3. The Bertz CT molecular complexity index is 353. The van der Waals surface area contributed by atoms with Crippen molar-refractivity contribution < 1.29 is 19.5 Å². The van der Waals surface area contributed by atoms with Crippen LogP contribution < -0.4 is 16.4 Å². The first-order valence-corrected chi connectivity index (χ1v) is 6.15. The highest BCUT2D eigenvalue weighted by Gasteiger charge is 2.28. The van der Waals surface area contributed by atoms with E-state index in [2.05, 4.69) is 10.6 Å². The van der Waals surface area contributed by atoms with E-state index in [4.69, 9.17) is 10.8 Å². The van der Waals surface area contributed by atoms with Crippen LogP contribution in [0.4, 0.5) is 4.79 Å². The highest BCUT2D eigenvalue weighted by Crippen LogP contribution is 2.13. The monoisotopic (exact) mass is 273 g/mol. The lowest BCUT2D eigenvalue weighted by Crippen LogP contribution is -2.56. The number of carbonyl (C=O) groups is 3. The van der Waals surface area contributed by atoms with Gasteiger partial charge in [0.2, 0.25) is 5.91 Å². The van der Waals surface area contributed by atoms with Crippen molar-refractivity contribution in [2.45, 2.75) is 52.1 Å². The first kappa shape index (κ1) is 17.2. The molecule has 1 unspecified atom stereocenters. The largest absolute Gasteiger partial charge is 0.481 e. The van der Waals surface area contributed by atoms with Gasteiger partial charge in [0.1, 0.15) is 6.04 Å². The number of hydrogen-bond donors (Lipinski definition) is 4. The minimum absolute atomic E-state index is 0.0388. The predicted molar refractivity (Wildman–Crippen MR) is 70.4 cm³/mol. The summed E-state index contributed by atoms with van der Waals surface area (Å²) in [6.45, 7) is 7.03. The molecule has 0 fully saturated rings. The van der Waals surface area contributed by atoms with Crippen molar-refractivity contribution in [3.05, 3.63) is 0 Å². The molecule has 0 spiro atoms. The molecule has 5 N–H and O–H groups in total. The van der Waals surface area contributed by atoms with Gasteiger partial charge >= 0.3 is 12.0 Å². The topological polar surface area (TPSA) is 122 Å². The highest BCUT2D eigenvalue weighted by molar-refractivity contribution is 5.87. The Morgan fingerprint density at radius 3 is 2.16 bits per heavy atom. The van der Waals surface area contributed by atoms with Crippen molar-refractivity contribution in [3.63, 3.8) is 0 Å². The number of carboxylic acids is 1. The fourth-order valence-corrected chi connectivity index (χ4v) is 1.58. The molecule has 0 aromatic carbocycles. The first-order chi connectivity index (χ1) is 8.55. The Morgan fingerprint density at radius 2 is 1.79 bits per heavy atom. The van der Waals surface area contributed by atoms with Crippen molar-refractivity contribution >= 4 is 17.9 Å². The molecule has 1 atom stereocenters. The minimum Gasteiger partial charge on any atom is -0.481 e. The fraction of sp³-hybridized carbons (Fsp3) is 0.750. The Kier molecular flexibility index (Phi) is 6.31. The molecule has 0 aliphatic heterocycles. The van der Waals surface area contributed by atoms with Gasteiger partial charge < -0.3 is 21.5 Å². The van der Waals surface area contributed by atoms with Gasteiger partial charge in [-0.25, -0.2) is 4.79 Å². The number of nitrogens with one attached hydrogen (secondary N) is 2. The highest BCUT2D eigenvalue weighted by atomic mass is 16.4. The van der Waals surface area contributed by atoms with Crippen LogP contribution in [-0.2, 0) is 9.59 Å². The second-order valence-electron chi connectivity index (χ2n) is 5.50. The average Bonchev–Trinajstić information content (AvgIpc) is 2.22. The van der Waals surface area contributed by atoms with E-state index in [-0.39, 0.29) is 18.2 Å². The van der Waals surface area contributed by atoms with E-state index in [0.717, 1.165) is 0 Å². The van der Waals surface area contributed by atoms with Crippen LogP contribution in [0.2, 0.25) is 0 Å². The maximum Gasteiger partial charge on any atom is 0.312 e. The number of amides is 3. The summed E-state index contributed by atoms with van der Waals surface area (Å²) in [7, 11) is 0. The Balaban J connectivity index is 4.61. The molecule has 7 heteroatoms. The number of carboxylic acid groups (broad SMARTS) is 1. The minimum atomic E-state index is -0.919. The van der Waals surface area contributed by atoms with Crippen LogP contribution in [0.5, 0.6) is 0 Å². The van der Waals surface area contributed by atoms with Crippen LogP contribution in [0.1, 0.15) is 40.5 Å². The molecule has 19 heavy (non-hydrogen) atoms. The molecule has 3 amide bonds. The lowest BCUT2D eigenvalue weighted by atomic mass is 9.96. The van der Waals surface area contributed by atoms with Gasteiger partial charge in [-0.3, -0.25) is 9.59 Å². The van der Waals surface area contributed by atoms with Gasteiger partial charge in [-0.2, -0.15) is 0 Å². The van der Waals surface area contributed by atoms with E-state index in [1.165, 1.54) is 0 Å².